The molecule has 0 saturated heterocycles. The first-order chi connectivity index (χ1) is 32.3. The molecule has 1 saturated carbocycles. The van der Waals surface area contributed by atoms with E-state index in [-0.39, 0.29) is 6.42 Å². The number of carbonyl (C=O) groups excluding carboxylic acids is 1. The quantitative estimate of drug-likeness (QED) is 0.0158. The molecule has 14 heteroatoms. The van der Waals surface area contributed by atoms with Crippen molar-refractivity contribution in [1.82, 2.24) is 5.32 Å². The molecule has 0 heterocycles. The number of rotatable bonds is 46. The summed E-state index contributed by atoms with van der Waals surface area (Å²) in [5, 5.41) is 74.7. The minimum Gasteiger partial charge on any atom is -0.393 e. The Bertz CT molecular complexity index is 1240. The van der Waals surface area contributed by atoms with Crippen molar-refractivity contribution in [2.45, 2.75) is 300 Å². The fraction of sp³-hybridized carbons (Fsp3) is 0.906. The maximum Gasteiger partial charge on any atom is 0.472 e. The van der Waals surface area contributed by atoms with Crippen LogP contribution in [0.2, 0.25) is 0 Å². The third-order valence-corrected chi connectivity index (χ3v) is 14.3. The number of nitrogens with one attached hydrogen (secondary N) is 1. The minimum atomic E-state index is -5.15. The zero-order chi connectivity index (χ0) is 49.4. The number of hydrogen-bond acceptors (Lipinski definition) is 11. The van der Waals surface area contributed by atoms with E-state index >= 15 is 0 Å². The second kappa shape index (κ2) is 42.5. The average Bonchev–Trinajstić information content (AvgIpc) is 3.30. The van der Waals surface area contributed by atoms with Gasteiger partial charge in [-0.05, 0) is 32.1 Å². The van der Waals surface area contributed by atoms with Gasteiger partial charge in [-0.25, -0.2) is 4.57 Å². The molecule has 8 unspecified atom stereocenters. The number of aliphatic hydroxyl groups excluding tert-OH is 7. The molecule has 0 aromatic rings. The molecule has 396 valence electrons. The number of unbranched alkanes of at least 4 members (excludes halogenated alkanes) is 31. The molecule has 1 amide bonds. The van der Waals surface area contributed by atoms with Crippen LogP contribution in [0.5, 0.6) is 0 Å². The van der Waals surface area contributed by atoms with Gasteiger partial charge in [0.2, 0.25) is 5.91 Å². The van der Waals surface area contributed by atoms with Crippen molar-refractivity contribution >= 4 is 13.7 Å². The number of allylic oxidation sites excluding steroid dienone is 3. The van der Waals surface area contributed by atoms with Crippen LogP contribution in [-0.2, 0) is 18.4 Å². The van der Waals surface area contributed by atoms with Gasteiger partial charge in [-0.1, -0.05) is 231 Å². The second-order valence-electron chi connectivity index (χ2n) is 19.6. The molecule has 0 spiro atoms. The van der Waals surface area contributed by atoms with Crippen LogP contribution in [0.15, 0.2) is 24.3 Å². The first-order valence-corrected chi connectivity index (χ1v) is 28.9. The number of phosphoric ester groups is 1. The summed E-state index contributed by atoms with van der Waals surface area (Å²) in [6, 6.07) is -1.25. The van der Waals surface area contributed by atoms with Crippen LogP contribution in [0, 0.1) is 0 Å². The van der Waals surface area contributed by atoms with Crippen molar-refractivity contribution in [3.05, 3.63) is 24.3 Å². The van der Waals surface area contributed by atoms with Gasteiger partial charge in [-0.3, -0.25) is 13.8 Å². The highest BCUT2D eigenvalue weighted by molar-refractivity contribution is 7.47. The van der Waals surface area contributed by atoms with Crippen molar-refractivity contribution < 1.29 is 59.0 Å². The summed E-state index contributed by atoms with van der Waals surface area (Å²) in [7, 11) is -5.15. The second-order valence-corrected chi connectivity index (χ2v) is 21.0. The van der Waals surface area contributed by atoms with E-state index in [4.69, 9.17) is 9.05 Å². The van der Waals surface area contributed by atoms with Crippen molar-refractivity contribution in [1.29, 1.82) is 0 Å². The van der Waals surface area contributed by atoms with Crippen LogP contribution in [0.3, 0.4) is 0 Å². The molecule has 0 bridgehead atoms. The molecule has 0 aliphatic heterocycles. The van der Waals surface area contributed by atoms with E-state index in [0.717, 1.165) is 44.9 Å². The van der Waals surface area contributed by atoms with Crippen LogP contribution in [-0.4, -0.2) is 108 Å². The lowest BCUT2D eigenvalue weighted by Crippen LogP contribution is -2.64. The van der Waals surface area contributed by atoms with Gasteiger partial charge in [0.1, 0.15) is 36.6 Å². The highest BCUT2D eigenvalue weighted by Crippen LogP contribution is 2.47. The number of aliphatic hydroxyl groups is 7. The van der Waals surface area contributed by atoms with Crippen molar-refractivity contribution in [3.63, 3.8) is 0 Å². The standard InChI is InChI=1S/C53H102NO12P/c1-3-5-7-9-11-13-15-17-19-21-23-24-26-28-30-32-34-36-38-40-44(55)42-47(57)54-45(43-65-67(63,64)66-53-51(61)49(59)48(58)50(60)52(53)62)46(56)41-39-37-35-33-31-29-27-25-22-20-18-16-14-12-10-8-6-4-2/h31,33,39,41,44-46,48-53,55-56,58-62H,3-30,32,34-38,40,42-43H2,1-2H3,(H,54,57)(H,63,64)/b33-31+,41-39+. The largest absolute Gasteiger partial charge is 0.472 e. The Morgan fingerprint density at radius 3 is 1.31 bits per heavy atom. The van der Waals surface area contributed by atoms with Gasteiger partial charge in [0, 0.05) is 0 Å². The van der Waals surface area contributed by atoms with Gasteiger partial charge in [0.15, 0.2) is 0 Å². The molecule has 0 aromatic heterocycles. The molecule has 13 nitrogen and oxygen atoms in total. The van der Waals surface area contributed by atoms with Crippen LogP contribution in [0.25, 0.3) is 0 Å². The third kappa shape index (κ3) is 33.9. The first kappa shape index (κ1) is 63.8. The zero-order valence-electron chi connectivity index (χ0n) is 42.3. The lowest BCUT2D eigenvalue weighted by atomic mass is 9.85. The van der Waals surface area contributed by atoms with Crippen LogP contribution >= 0.6 is 7.82 Å². The normalized spacial score (nSPS) is 22.4. The fourth-order valence-corrected chi connectivity index (χ4v) is 9.81. The molecule has 0 radical (unpaired) electrons. The van der Waals surface area contributed by atoms with E-state index in [2.05, 4.69) is 31.3 Å². The summed E-state index contributed by atoms with van der Waals surface area (Å²) in [5.41, 5.74) is 0. The fourth-order valence-electron chi connectivity index (χ4n) is 8.85. The van der Waals surface area contributed by atoms with Gasteiger partial charge in [0.05, 0.1) is 31.3 Å². The van der Waals surface area contributed by atoms with Crippen LogP contribution in [0.4, 0.5) is 0 Å². The number of amides is 1. The highest BCUT2D eigenvalue weighted by atomic mass is 31.2. The predicted molar refractivity (Wildman–Crippen MR) is 270 cm³/mol. The van der Waals surface area contributed by atoms with Crippen molar-refractivity contribution in [3.8, 4) is 0 Å². The van der Waals surface area contributed by atoms with E-state index in [1.165, 1.54) is 173 Å². The summed E-state index contributed by atoms with van der Waals surface area (Å²) in [5.74, 6) is -0.598. The summed E-state index contributed by atoms with van der Waals surface area (Å²) in [4.78, 5) is 23.5. The van der Waals surface area contributed by atoms with Crippen LogP contribution in [0.1, 0.15) is 245 Å². The Morgan fingerprint density at radius 1 is 0.522 bits per heavy atom. The highest BCUT2D eigenvalue weighted by Gasteiger charge is 2.51. The molecule has 8 atom stereocenters. The summed E-state index contributed by atoms with van der Waals surface area (Å²) in [6.45, 7) is 3.77. The number of phosphoric acid groups is 1. The van der Waals surface area contributed by atoms with Crippen molar-refractivity contribution in [2.24, 2.45) is 0 Å². The molecular formula is C53H102NO12P. The first-order valence-electron chi connectivity index (χ1n) is 27.4. The van der Waals surface area contributed by atoms with Crippen molar-refractivity contribution in [2.75, 3.05) is 6.61 Å². The molecule has 9 N–H and O–H groups in total. The molecule has 1 aliphatic carbocycles. The molecule has 0 aromatic carbocycles. The van der Waals surface area contributed by atoms with Gasteiger partial charge in [-0.15, -0.1) is 0 Å². The molecule has 1 fully saturated rings. The topological polar surface area (TPSA) is 226 Å². The van der Waals surface area contributed by atoms with E-state index in [1.54, 1.807) is 6.08 Å². The van der Waals surface area contributed by atoms with E-state index in [0.29, 0.717) is 12.8 Å². The Morgan fingerprint density at radius 2 is 0.881 bits per heavy atom. The third-order valence-electron chi connectivity index (χ3n) is 13.3. The monoisotopic (exact) mass is 976 g/mol. The van der Waals surface area contributed by atoms with Gasteiger partial charge in [0.25, 0.3) is 0 Å². The molecule has 1 rings (SSSR count). The molecule has 1 aliphatic rings. The number of carbonyl (C=O) groups is 1. The summed E-state index contributed by atoms with van der Waals surface area (Å²) >= 11 is 0. The summed E-state index contributed by atoms with van der Waals surface area (Å²) < 4.78 is 22.9. The maximum absolute atomic E-state index is 13.1. The average molecular weight is 976 g/mol. The Hall–Kier alpha value is -1.22. The maximum atomic E-state index is 13.1. The SMILES string of the molecule is CCCCCCCCCCCCCC/C=C/CC/C=C/C(O)C(COP(=O)(O)OC1C(O)C(O)C(O)C(O)C1O)NC(=O)CC(O)CCCCCCCCCCCCCCCCCCCCC. The minimum absolute atomic E-state index is 0.248. The van der Waals surface area contributed by atoms with E-state index in [9.17, 15) is 50.0 Å². The van der Waals surface area contributed by atoms with E-state index < -0.39 is 75.2 Å². The molecular weight excluding hydrogens is 874 g/mol. The number of hydrogen-bond donors (Lipinski definition) is 9. The Balaban J connectivity index is 2.46. The van der Waals surface area contributed by atoms with Gasteiger partial charge in [-0.2, -0.15) is 0 Å². The summed E-state index contributed by atoms with van der Waals surface area (Å²) in [6.07, 6.45) is 35.5. The van der Waals surface area contributed by atoms with Crippen LogP contribution < -0.4 is 5.32 Å². The predicted octanol–water partition coefficient (Wildman–Crippen LogP) is 10.7. The lowest BCUT2D eigenvalue weighted by molar-refractivity contribution is -0.220. The van der Waals surface area contributed by atoms with E-state index in [1.807, 2.05) is 0 Å². The smallest absolute Gasteiger partial charge is 0.393 e. The Labute approximate surface area is 407 Å². The molecule has 67 heavy (non-hydrogen) atoms. The van der Waals surface area contributed by atoms with Gasteiger partial charge < -0.3 is 46.0 Å². The lowest BCUT2D eigenvalue weighted by Gasteiger charge is -2.41. The zero-order valence-corrected chi connectivity index (χ0v) is 43.2. The van der Waals surface area contributed by atoms with Gasteiger partial charge >= 0.3 is 7.82 Å². The Kier molecular flexibility index (Phi) is 40.4.